The molecule has 0 radical (unpaired) electrons. The molecule has 0 saturated heterocycles. The fourth-order valence-electron chi connectivity index (χ4n) is 4.31. The molecule has 0 fully saturated rings. The zero-order valence-electron chi connectivity index (χ0n) is 19.2. The molecule has 4 rings (SSSR count). The molecule has 2 aliphatic rings. The van der Waals surface area contributed by atoms with Crippen molar-refractivity contribution in [1.82, 2.24) is 0 Å². The number of nitriles is 1. The number of rotatable bonds is 5. The number of ether oxygens (including phenoxy) is 2. The maximum atomic E-state index is 13.0. The highest BCUT2D eigenvalue weighted by atomic mass is 35.5. The molecule has 2 aromatic rings. The Kier molecular flexibility index (Phi) is 6.79. The third kappa shape index (κ3) is 5.14. The Morgan fingerprint density at radius 1 is 1.23 bits per heavy atom. The van der Waals surface area contributed by atoms with Crippen LogP contribution in [-0.4, -0.2) is 18.3 Å². The molecule has 0 aromatic heterocycles. The summed E-state index contributed by atoms with van der Waals surface area (Å²) in [6, 6.07) is 13.9. The van der Waals surface area contributed by atoms with Crippen LogP contribution in [0.2, 0.25) is 10.0 Å². The molecule has 0 bridgehead atoms. The second-order valence-corrected chi connectivity index (χ2v) is 10.00. The van der Waals surface area contributed by atoms with Crippen LogP contribution < -0.4 is 15.8 Å². The molecule has 2 aromatic carbocycles. The van der Waals surface area contributed by atoms with Crippen molar-refractivity contribution in [2.45, 2.75) is 32.6 Å². The molecule has 1 aliphatic heterocycles. The fraction of sp³-hybridized carbons (Fsp3) is 0.269. The Labute approximate surface area is 213 Å². The number of ketones is 1. The first-order chi connectivity index (χ1) is 16.6. The largest absolute Gasteiger partial charge is 0.484 e. The summed E-state index contributed by atoms with van der Waals surface area (Å²) in [4.78, 5) is 25.3. The number of carbonyl (C=O) groups excluding carboxylic acids is 2. The topological polar surface area (TPSA) is 114 Å². The Morgan fingerprint density at radius 3 is 2.63 bits per heavy atom. The first kappa shape index (κ1) is 24.6. The standard InChI is InChI=1S/C26H23Cl2N3O4/c1-26(2)10-19(32)23-20(11-26)35-25(30)16(12-29)22(23)14-6-8-15(9-7-14)34-13-21(33)31-18-5-3-4-17(27)24(18)28/h3-9,22H,10-11,13,30H2,1-2H3,(H,31,33). The summed E-state index contributed by atoms with van der Waals surface area (Å²) in [6.45, 7) is 3.74. The second-order valence-electron chi connectivity index (χ2n) is 9.21. The van der Waals surface area contributed by atoms with Gasteiger partial charge in [0.1, 0.15) is 23.2 Å². The highest BCUT2D eigenvalue weighted by molar-refractivity contribution is 6.44. The van der Waals surface area contributed by atoms with Crippen molar-refractivity contribution in [2.24, 2.45) is 11.1 Å². The maximum absolute atomic E-state index is 13.0. The molecule has 180 valence electrons. The molecule has 0 spiro atoms. The monoisotopic (exact) mass is 511 g/mol. The predicted molar refractivity (Wildman–Crippen MR) is 133 cm³/mol. The first-order valence-corrected chi connectivity index (χ1v) is 11.7. The van der Waals surface area contributed by atoms with Gasteiger partial charge in [0.2, 0.25) is 5.88 Å². The fourth-order valence-corrected chi connectivity index (χ4v) is 4.66. The molecule has 1 heterocycles. The van der Waals surface area contributed by atoms with Crippen molar-refractivity contribution >= 4 is 40.6 Å². The van der Waals surface area contributed by atoms with Gasteiger partial charge in [-0.15, -0.1) is 0 Å². The van der Waals surface area contributed by atoms with Gasteiger partial charge in [-0.2, -0.15) is 5.26 Å². The Hall–Kier alpha value is -3.47. The number of benzene rings is 2. The summed E-state index contributed by atoms with van der Waals surface area (Å²) in [5.74, 6) is -0.111. The van der Waals surface area contributed by atoms with Gasteiger partial charge in [0.05, 0.1) is 21.7 Å². The first-order valence-electron chi connectivity index (χ1n) is 10.9. The van der Waals surface area contributed by atoms with E-state index >= 15 is 0 Å². The van der Waals surface area contributed by atoms with E-state index in [0.29, 0.717) is 46.2 Å². The van der Waals surface area contributed by atoms with E-state index in [1.807, 2.05) is 13.8 Å². The van der Waals surface area contributed by atoms with E-state index in [2.05, 4.69) is 11.4 Å². The average Bonchev–Trinajstić information content (AvgIpc) is 2.79. The molecule has 1 amide bonds. The van der Waals surface area contributed by atoms with E-state index in [1.165, 1.54) is 0 Å². The quantitative estimate of drug-likeness (QED) is 0.550. The van der Waals surface area contributed by atoms with E-state index in [9.17, 15) is 14.9 Å². The van der Waals surface area contributed by atoms with Gasteiger partial charge in [-0.1, -0.05) is 55.2 Å². The summed E-state index contributed by atoms with van der Waals surface area (Å²) in [5.41, 5.74) is 7.57. The number of carbonyl (C=O) groups is 2. The molecular weight excluding hydrogens is 489 g/mol. The number of nitrogens with two attached hydrogens (primary N) is 1. The van der Waals surface area contributed by atoms with Crippen LogP contribution in [0.4, 0.5) is 5.69 Å². The van der Waals surface area contributed by atoms with Crippen LogP contribution in [0.1, 0.15) is 38.2 Å². The van der Waals surface area contributed by atoms with Gasteiger partial charge in [-0.3, -0.25) is 9.59 Å². The van der Waals surface area contributed by atoms with Gasteiger partial charge < -0.3 is 20.5 Å². The summed E-state index contributed by atoms with van der Waals surface area (Å²) in [5, 5.41) is 13.0. The van der Waals surface area contributed by atoms with Crippen LogP contribution in [-0.2, 0) is 14.3 Å². The highest BCUT2D eigenvalue weighted by Crippen LogP contribution is 2.48. The molecule has 7 nitrogen and oxygen atoms in total. The molecule has 3 N–H and O–H groups in total. The highest BCUT2D eigenvalue weighted by Gasteiger charge is 2.42. The summed E-state index contributed by atoms with van der Waals surface area (Å²) < 4.78 is 11.3. The van der Waals surface area contributed by atoms with Crippen molar-refractivity contribution in [3.63, 3.8) is 0 Å². The van der Waals surface area contributed by atoms with E-state index in [0.717, 1.165) is 0 Å². The van der Waals surface area contributed by atoms with Crippen LogP contribution in [0.3, 0.4) is 0 Å². The van der Waals surface area contributed by atoms with E-state index < -0.39 is 11.8 Å². The number of allylic oxidation sites excluding steroid dienone is 3. The van der Waals surface area contributed by atoms with Crippen LogP contribution in [0.5, 0.6) is 5.75 Å². The lowest BCUT2D eigenvalue weighted by Crippen LogP contribution is -2.33. The number of hydrogen-bond acceptors (Lipinski definition) is 6. The number of hydrogen-bond donors (Lipinski definition) is 2. The smallest absolute Gasteiger partial charge is 0.262 e. The molecule has 0 saturated carbocycles. The van der Waals surface area contributed by atoms with E-state index in [4.69, 9.17) is 38.4 Å². The van der Waals surface area contributed by atoms with Crippen LogP contribution in [0.15, 0.2) is 65.3 Å². The number of Topliss-reactive ketones (excluding diaryl/α,β-unsaturated/α-hetero) is 1. The van der Waals surface area contributed by atoms with Crippen molar-refractivity contribution < 1.29 is 19.1 Å². The van der Waals surface area contributed by atoms with Crippen molar-refractivity contribution in [3.8, 4) is 11.8 Å². The predicted octanol–water partition coefficient (Wildman–Crippen LogP) is 5.46. The van der Waals surface area contributed by atoms with Gasteiger partial charge in [-0.25, -0.2) is 0 Å². The molecule has 1 atom stereocenters. The minimum absolute atomic E-state index is 0.0124. The second kappa shape index (κ2) is 9.65. The normalized spacial score (nSPS) is 18.9. The van der Waals surface area contributed by atoms with Crippen molar-refractivity contribution in [3.05, 3.63) is 80.9 Å². The van der Waals surface area contributed by atoms with Gasteiger partial charge >= 0.3 is 0 Å². The van der Waals surface area contributed by atoms with Gasteiger partial charge in [0.25, 0.3) is 5.91 Å². The minimum Gasteiger partial charge on any atom is -0.484 e. The minimum atomic E-state index is -0.616. The van der Waals surface area contributed by atoms with Crippen LogP contribution >= 0.6 is 23.2 Å². The number of amides is 1. The average molecular weight is 512 g/mol. The Balaban J connectivity index is 1.51. The zero-order chi connectivity index (χ0) is 25.3. The number of nitrogens with zero attached hydrogens (tertiary/aromatic N) is 1. The summed E-state index contributed by atoms with van der Waals surface area (Å²) in [6.07, 6.45) is 0.911. The molecule has 35 heavy (non-hydrogen) atoms. The SMILES string of the molecule is CC1(C)CC(=O)C2=C(C1)OC(N)=C(C#N)C2c1ccc(OCC(=O)Nc2cccc(Cl)c2Cl)cc1. The molecule has 1 unspecified atom stereocenters. The number of anilines is 1. The zero-order valence-corrected chi connectivity index (χ0v) is 20.7. The van der Waals surface area contributed by atoms with E-state index in [1.54, 1.807) is 42.5 Å². The third-order valence-corrected chi connectivity index (χ3v) is 6.70. The number of halogens is 2. The molecular formula is C26H23Cl2N3O4. The van der Waals surface area contributed by atoms with E-state index in [-0.39, 0.29) is 34.3 Å². The third-order valence-electron chi connectivity index (χ3n) is 5.88. The summed E-state index contributed by atoms with van der Waals surface area (Å²) in [7, 11) is 0. The van der Waals surface area contributed by atoms with Crippen LogP contribution in [0, 0.1) is 16.7 Å². The lowest BCUT2D eigenvalue weighted by molar-refractivity contribution is -0.119. The van der Waals surface area contributed by atoms with Crippen molar-refractivity contribution in [1.29, 1.82) is 5.26 Å². The Bertz CT molecular complexity index is 1310. The lowest BCUT2D eigenvalue weighted by atomic mass is 9.70. The van der Waals surface area contributed by atoms with Crippen LogP contribution in [0.25, 0.3) is 0 Å². The van der Waals surface area contributed by atoms with Gasteiger partial charge in [0.15, 0.2) is 12.4 Å². The van der Waals surface area contributed by atoms with Gasteiger partial charge in [0, 0.05) is 18.4 Å². The lowest BCUT2D eigenvalue weighted by Gasteiger charge is -2.37. The molecule has 9 heteroatoms. The molecule has 1 aliphatic carbocycles. The van der Waals surface area contributed by atoms with Gasteiger partial charge in [-0.05, 0) is 35.2 Å². The maximum Gasteiger partial charge on any atom is 0.262 e. The van der Waals surface area contributed by atoms with Crippen molar-refractivity contribution in [2.75, 3.05) is 11.9 Å². The summed E-state index contributed by atoms with van der Waals surface area (Å²) >= 11 is 12.1. The Morgan fingerprint density at radius 2 is 1.94 bits per heavy atom. The number of nitrogens with one attached hydrogen (secondary N) is 1.